The number of benzene rings is 2. The van der Waals surface area contributed by atoms with E-state index in [1.165, 1.54) is 16.9 Å². The molecular weight excluding hydrogens is 434 g/mol. The molecule has 0 radical (unpaired) electrons. The van der Waals surface area contributed by atoms with Crippen LogP contribution in [0.3, 0.4) is 0 Å². The van der Waals surface area contributed by atoms with E-state index in [9.17, 15) is 4.79 Å². The Bertz CT molecular complexity index is 1200. The van der Waals surface area contributed by atoms with Crippen molar-refractivity contribution < 1.29 is 14.3 Å². The second-order valence-corrected chi connectivity index (χ2v) is 9.00. The van der Waals surface area contributed by atoms with E-state index in [0.717, 1.165) is 16.0 Å². The molecule has 0 spiro atoms. The molecule has 0 aliphatic rings. The second-order valence-electron chi connectivity index (χ2n) is 8.02. The predicted molar refractivity (Wildman–Crippen MR) is 132 cm³/mol. The Balaban J connectivity index is 1.71. The normalized spacial score (nSPS) is 11.1. The number of carbonyl (C=O) groups excluding carboxylic acids is 1. The van der Waals surface area contributed by atoms with Crippen molar-refractivity contribution in [3.8, 4) is 11.5 Å². The molecule has 0 bridgehead atoms. The first-order valence-corrected chi connectivity index (χ1v) is 11.6. The summed E-state index contributed by atoms with van der Waals surface area (Å²) < 4.78 is 11.9. The second kappa shape index (κ2) is 10.0. The smallest absolute Gasteiger partial charge is 0.233 e. The molecular formula is C26H27N3O3S. The molecule has 33 heavy (non-hydrogen) atoms. The largest absolute Gasteiger partial charge is 0.495 e. The van der Waals surface area contributed by atoms with E-state index in [-0.39, 0.29) is 12.3 Å². The summed E-state index contributed by atoms with van der Waals surface area (Å²) in [4.78, 5) is 24.4. The van der Waals surface area contributed by atoms with Crippen molar-refractivity contribution in [3.05, 3.63) is 77.6 Å². The molecule has 170 valence electrons. The standard InChI is InChI=1S/C26H27N3O3S/c1-17(2)19-10-8-18(9-11-19)15-23(30)29(16-20-7-5-6-14-27-20)26-28-24-21(31-3)12-13-22(32-4)25(24)33-26/h5-14,17H,15-16H2,1-4H3. The third-order valence-electron chi connectivity index (χ3n) is 5.48. The first kappa shape index (κ1) is 22.7. The fourth-order valence-electron chi connectivity index (χ4n) is 3.60. The summed E-state index contributed by atoms with van der Waals surface area (Å²) in [6, 6.07) is 17.6. The number of rotatable bonds is 8. The zero-order chi connectivity index (χ0) is 23.4. The lowest BCUT2D eigenvalue weighted by Gasteiger charge is -2.20. The lowest BCUT2D eigenvalue weighted by Crippen LogP contribution is -2.32. The van der Waals surface area contributed by atoms with Crippen molar-refractivity contribution in [1.82, 2.24) is 9.97 Å². The molecule has 4 aromatic rings. The average Bonchev–Trinajstić information content (AvgIpc) is 3.28. The van der Waals surface area contributed by atoms with Crippen LogP contribution in [0.5, 0.6) is 11.5 Å². The van der Waals surface area contributed by atoms with Crippen LogP contribution < -0.4 is 14.4 Å². The van der Waals surface area contributed by atoms with Crippen LogP contribution in [-0.4, -0.2) is 30.1 Å². The van der Waals surface area contributed by atoms with Crippen LogP contribution in [0.25, 0.3) is 10.2 Å². The molecule has 1 amide bonds. The van der Waals surface area contributed by atoms with Gasteiger partial charge in [-0.1, -0.05) is 55.5 Å². The molecule has 2 heterocycles. The number of nitrogens with zero attached hydrogens (tertiary/aromatic N) is 3. The van der Waals surface area contributed by atoms with Gasteiger partial charge in [-0.25, -0.2) is 4.98 Å². The molecule has 0 N–H and O–H groups in total. The van der Waals surface area contributed by atoms with Crippen molar-refractivity contribution in [2.45, 2.75) is 32.7 Å². The van der Waals surface area contributed by atoms with Crippen LogP contribution in [0, 0.1) is 0 Å². The van der Waals surface area contributed by atoms with Gasteiger partial charge in [0.05, 0.1) is 32.9 Å². The molecule has 0 saturated carbocycles. The van der Waals surface area contributed by atoms with Gasteiger partial charge in [0.1, 0.15) is 21.7 Å². The van der Waals surface area contributed by atoms with Gasteiger partial charge < -0.3 is 9.47 Å². The number of fused-ring (bicyclic) bond motifs is 1. The Morgan fingerprint density at radius 3 is 2.36 bits per heavy atom. The van der Waals surface area contributed by atoms with Crippen molar-refractivity contribution >= 4 is 32.6 Å². The molecule has 0 fully saturated rings. The highest BCUT2D eigenvalue weighted by atomic mass is 32.1. The number of hydrogen-bond acceptors (Lipinski definition) is 6. The van der Waals surface area contributed by atoms with Crippen LogP contribution in [0.15, 0.2) is 60.8 Å². The summed E-state index contributed by atoms with van der Waals surface area (Å²) >= 11 is 1.41. The summed E-state index contributed by atoms with van der Waals surface area (Å²) in [6.45, 7) is 4.64. The maximum atomic E-state index is 13.5. The number of methoxy groups -OCH3 is 2. The Morgan fingerprint density at radius 1 is 1.00 bits per heavy atom. The molecule has 0 aliphatic carbocycles. The first-order chi connectivity index (χ1) is 16.0. The fraction of sp³-hybridized carbons (Fsp3) is 0.269. The average molecular weight is 462 g/mol. The first-order valence-electron chi connectivity index (χ1n) is 10.8. The molecule has 4 rings (SSSR count). The van der Waals surface area contributed by atoms with Crippen LogP contribution in [0.2, 0.25) is 0 Å². The summed E-state index contributed by atoms with van der Waals surface area (Å²) in [5, 5.41) is 0.585. The van der Waals surface area contributed by atoms with E-state index in [1.54, 1.807) is 25.3 Å². The minimum absolute atomic E-state index is 0.0464. The van der Waals surface area contributed by atoms with Crippen LogP contribution >= 0.6 is 11.3 Å². The van der Waals surface area contributed by atoms with E-state index in [4.69, 9.17) is 14.5 Å². The number of carbonyl (C=O) groups is 1. The van der Waals surface area contributed by atoms with E-state index in [0.29, 0.717) is 34.6 Å². The minimum Gasteiger partial charge on any atom is -0.495 e. The van der Waals surface area contributed by atoms with Crippen molar-refractivity contribution in [3.63, 3.8) is 0 Å². The van der Waals surface area contributed by atoms with Gasteiger partial charge in [-0.05, 0) is 41.3 Å². The maximum Gasteiger partial charge on any atom is 0.233 e. The summed E-state index contributed by atoms with van der Waals surface area (Å²) in [7, 11) is 3.23. The van der Waals surface area contributed by atoms with Gasteiger partial charge in [0.25, 0.3) is 0 Å². The van der Waals surface area contributed by atoms with E-state index >= 15 is 0 Å². The highest BCUT2D eigenvalue weighted by Crippen LogP contribution is 2.40. The Kier molecular flexibility index (Phi) is 6.89. The number of anilines is 1. The van der Waals surface area contributed by atoms with Gasteiger partial charge in [0, 0.05) is 6.20 Å². The van der Waals surface area contributed by atoms with Gasteiger partial charge in [0.15, 0.2) is 5.13 Å². The lowest BCUT2D eigenvalue weighted by atomic mass is 10.0. The third-order valence-corrected chi connectivity index (χ3v) is 6.57. The van der Waals surface area contributed by atoms with Gasteiger partial charge >= 0.3 is 0 Å². The van der Waals surface area contributed by atoms with E-state index in [1.807, 2.05) is 42.5 Å². The van der Waals surface area contributed by atoms with Crippen molar-refractivity contribution in [2.75, 3.05) is 19.1 Å². The highest BCUT2D eigenvalue weighted by Gasteiger charge is 2.23. The number of hydrogen-bond donors (Lipinski definition) is 0. The van der Waals surface area contributed by atoms with Gasteiger partial charge in [-0.15, -0.1) is 0 Å². The number of ether oxygens (including phenoxy) is 2. The van der Waals surface area contributed by atoms with E-state index < -0.39 is 0 Å². The molecule has 7 heteroatoms. The molecule has 2 aromatic heterocycles. The summed E-state index contributed by atoms with van der Waals surface area (Å²) in [5.74, 6) is 1.74. The summed E-state index contributed by atoms with van der Waals surface area (Å²) in [6.07, 6.45) is 2.00. The molecule has 0 unspecified atom stereocenters. The number of amides is 1. The number of thiazole rings is 1. The topological polar surface area (TPSA) is 64.6 Å². The maximum absolute atomic E-state index is 13.5. The fourth-order valence-corrected chi connectivity index (χ4v) is 4.69. The molecule has 0 aliphatic heterocycles. The Labute approximate surface area is 197 Å². The molecule has 0 saturated heterocycles. The Hall–Kier alpha value is -3.45. The minimum atomic E-state index is -0.0464. The molecule has 6 nitrogen and oxygen atoms in total. The SMILES string of the molecule is COc1ccc(OC)c2sc(N(Cc3ccccn3)C(=O)Cc3ccc(C(C)C)cc3)nc12. The van der Waals surface area contributed by atoms with Gasteiger partial charge in [0.2, 0.25) is 5.91 Å². The third kappa shape index (κ3) is 4.98. The quantitative estimate of drug-likeness (QED) is 0.341. The highest BCUT2D eigenvalue weighted by molar-refractivity contribution is 7.22. The Morgan fingerprint density at radius 2 is 1.73 bits per heavy atom. The number of pyridine rings is 1. The molecule has 0 atom stereocenters. The van der Waals surface area contributed by atoms with Crippen LogP contribution in [0.1, 0.15) is 36.6 Å². The monoisotopic (exact) mass is 461 g/mol. The van der Waals surface area contributed by atoms with Gasteiger partial charge in [-0.2, -0.15) is 0 Å². The predicted octanol–water partition coefficient (Wildman–Crippen LogP) is 5.61. The lowest BCUT2D eigenvalue weighted by molar-refractivity contribution is -0.118. The van der Waals surface area contributed by atoms with Crippen LogP contribution in [0.4, 0.5) is 5.13 Å². The van der Waals surface area contributed by atoms with E-state index in [2.05, 4.69) is 31.0 Å². The van der Waals surface area contributed by atoms with Gasteiger partial charge in [-0.3, -0.25) is 14.7 Å². The molecule has 2 aromatic carbocycles. The van der Waals surface area contributed by atoms with Crippen molar-refractivity contribution in [1.29, 1.82) is 0 Å². The summed E-state index contributed by atoms with van der Waals surface area (Å²) in [5.41, 5.74) is 3.68. The van der Waals surface area contributed by atoms with Crippen LogP contribution in [-0.2, 0) is 17.8 Å². The zero-order valence-electron chi connectivity index (χ0n) is 19.2. The number of aromatic nitrogens is 2. The van der Waals surface area contributed by atoms with Crippen molar-refractivity contribution in [2.24, 2.45) is 0 Å². The zero-order valence-corrected chi connectivity index (χ0v) is 20.1.